The summed E-state index contributed by atoms with van der Waals surface area (Å²) in [5, 5.41) is 12.2. The fourth-order valence-corrected chi connectivity index (χ4v) is 6.89. The molecule has 4 heterocycles. The third-order valence-electron chi connectivity index (χ3n) is 10.0. The van der Waals surface area contributed by atoms with E-state index in [1.807, 2.05) is 104 Å². The van der Waals surface area contributed by atoms with Gasteiger partial charge in [-0.1, -0.05) is 44.2 Å². The summed E-state index contributed by atoms with van der Waals surface area (Å²) in [5.74, 6) is 3.27. The molecule has 8 aromatic rings. The highest BCUT2D eigenvalue weighted by molar-refractivity contribution is 5.97. The monoisotopic (exact) mass is 761 g/mol. The van der Waals surface area contributed by atoms with Gasteiger partial charge >= 0.3 is 0 Å². The molecule has 57 heavy (non-hydrogen) atoms. The molecule has 10 heteroatoms. The number of nitrogens with two attached hydrogens (primary N) is 1. The number of aryl methyl sites for hydroxylation is 3. The number of hydrogen-bond donors (Lipinski definition) is 4. The number of ether oxygens (including phenoxy) is 2. The van der Waals surface area contributed by atoms with Crippen molar-refractivity contribution < 1.29 is 14.6 Å². The van der Waals surface area contributed by atoms with Gasteiger partial charge in [-0.15, -0.1) is 0 Å². The van der Waals surface area contributed by atoms with Gasteiger partial charge in [-0.3, -0.25) is 9.59 Å². The lowest BCUT2D eigenvalue weighted by atomic mass is 9.93. The molecule has 290 valence electrons. The van der Waals surface area contributed by atoms with Gasteiger partial charge in [0.2, 0.25) is 0 Å². The molecule has 0 aliphatic rings. The highest BCUT2D eigenvalue weighted by atomic mass is 16.5. The van der Waals surface area contributed by atoms with Gasteiger partial charge in [-0.25, -0.2) is 0 Å². The van der Waals surface area contributed by atoms with Crippen LogP contribution in [-0.4, -0.2) is 24.2 Å². The largest absolute Gasteiger partial charge is 0.457 e. The van der Waals surface area contributed by atoms with Gasteiger partial charge in [0.1, 0.15) is 34.0 Å². The van der Waals surface area contributed by atoms with Crippen molar-refractivity contribution in [2.24, 2.45) is 14.1 Å². The molecule has 0 fully saturated rings. The van der Waals surface area contributed by atoms with Crippen LogP contribution in [0.4, 0.5) is 5.69 Å². The second kappa shape index (κ2) is 15.4. The van der Waals surface area contributed by atoms with Gasteiger partial charge in [0.05, 0.1) is 5.60 Å². The standard InChI is InChI=1S/C24H24N2O3.C23H23N3O2/c1-15-6-5-7-17(12-15)29-21-9-8-16(24(2,3)28)13-19(21)20-14-26(4)23(27)22-18(20)10-11-25-22;1-14(2)15-5-4-6-17(11-15)28-21-8-7-16(24)12-19(21)20-13-26(3)23(27)22-18(20)9-10-25-22/h5-14,25,28H,1-4H3;4-14,25H,24H2,1-3H3. The van der Waals surface area contributed by atoms with Crippen molar-refractivity contribution in [3.63, 3.8) is 0 Å². The number of hydrogen-bond acceptors (Lipinski definition) is 6. The molecule has 0 saturated heterocycles. The van der Waals surface area contributed by atoms with E-state index in [-0.39, 0.29) is 11.1 Å². The molecule has 4 aromatic carbocycles. The molecule has 0 unspecified atom stereocenters. The normalized spacial score (nSPS) is 11.5. The zero-order valence-corrected chi connectivity index (χ0v) is 33.2. The molecule has 10 nitrogen and oxygen atoms in total. The zero-order valence-electron chi connectivity index (χ0n) is 33.2. The minimum Gasteiger partial charge on any atom is -0.457 e. The smallest absolute Gasteiger partial charge is 0.274 e. The summed E-state index contributed by atoms with van der Waals surface area (Å²) in [4.78, 5) is 30.9. The Balaban J connectivity index is 0.000000174. The van der Waals surface area contributed by atoms with Gasteiger partial charge in [-0.2, -0.15) is 0 Å². The molecule has 0 aliphatic heterocycles. The molecule has 0 radical (unpaired) electrons. The second-order valence-corrected chi connectivity index (χ2v) is 15.2. The summed E-state index contributed by atoms with van der Waals surface area (Å²) in [6.45, 7) is 9.82. The maximum atomic E-state index is 12.5. The molecule has 0 atom stereocenters. The average Bonchev–Trinajstić information content (AvgIpc) is 3.87. The molecule has 0 spiro atoms. The predicted octanol–water partition coefficient (Wildman–Crippen LogP) is 9.89. The van der Waals surface area contributed by atoms with Crippen molar-refractivity contribution in [1.29, 1.82) is 0 Å². The zero-order chi connectivity index (χ0) is 40.6. The van der Waals surface area contributed by atoms with E-state index in [1.54, 1.807) is 49.5 Å². The van der Waals surface area contributed by atoms with E-state index in [0.717, 1.165) is 55.7 Å². The molecule has 8 rings (SSSR count). The van der Waals surface area contributed by atoms with Crippen LogP contribution in [-0.2, 0) is 19.7 Å². The lowest BCUT2D eigenvalue weighted by Gasteiger charge is -2.21. The number of aromatic nitrogens is 4. The minimum absolute atomic E-state index is 0.0697. The third kappa shape index (κ3) is 7.99. The number of rotatable bonds is 8. The van der Waals surface area contributed by atoms with Gasteiger partial charge < -0.3 is 39.4 Å². The maximum Gasteiger partial charge on any atom is 0.274 e. The number of anilines is 1. The number of fused-ring (bicyclic) bond motifs is 2. The number of aliphatic hydroxyl groups is 1. The Morgan fingerprint density at radius 3 is 1.74 bits per heavy atom. The number of nitrogen functional groups attached to an aromatic ring is 1. The minimum atomic E-state index is -1.01. The number of pyridine rings is 2. The fraction of sp³-hybridized carbons (Fsp3) is 0.191. The number of benzene rings is 4. The molecule has 0 saturated carbocycles. The number of nitrogens with one attached hydrogen (secondary N) is 2. The Bertz CT molecular complexity index is 2870. The first-order chi connectivity index (χ1) is 27.2. The van der Waals surface area contributed by atoms with E-state index in [1.165, 1.54) is 5.56 Å². The number of nitrogens with zero attached hydrogens (tertiary/aromatic N) is 2. The van der Waals surface area contributed by atoms with Crippen LogP contribution < -0.4 is 26.3 Å². The van der Waals surface area contributed by atoms with Crippen LogP contribution in [0.1, 0.15) is 50.3 Å². The molecule has 5 N–H and O–H groups in total. The van der Waals surface area contributed by atoms with Crippen molar-refractivity contribution in [3.8, 4) is 45.3 Å². The lowest BCUT2D eigenvalue weighted by molar-refractivity contribution is 0.0786. The van der Waals surface area contributed by atoms with E-state index in [9.17, 15) is 14.7 Å². The van der Waals surface area contributed by atoms with Crippen LogP contribution in [0.15, 0.2) is 131 Å². The van der Waals surface area contributed by atoms with Crippen molar-refractivity contribution >= 4 is 27.5 Å². The van der Waals surface area contributed by atoms with E-state index in [0.29, 0.717) is 34.1 Å². The number of aromatic amines is 2. The first-order valence-corrected chi connectivity index (χ1v) is 18.8. The van der Waals surface area contributed by atoms with Crippen molar-refractivity contribution in [3.05, 3.63) is 159 Å². The Morgan fingerprint density at radius 2 is 1.19 bits per heavy atom. The number of H-pyrrole nitrogens is 2. The Labute approximate surface area is 330 Å². The van der Waals surface area contributed by atoms with Gasteiger partial charge in [-0.05, 0) is 110 Å². The van der Waals surface area contributed by atoms with Crippen LogP contribution in [0, 0.1) is 6.92 Å². The lowest BCUT2D eigenvalue weighted by Crippen LogP contribution is -2.17. The van der Waals surface area contributed by atoms with E-state index >= 15 is 0 Å². The summed E-state index contributed by atoms with van der Waals surface area (Å²) in [5.41, 5.74) is 13.1. The van der Waals surface area contributed by atoms with Crippen LogP contribution in [0.3, 0.4) is 0 Å². The Morgan fingerprint density at radius 1 is 0.667 bits per heavy atom. The average molecular weight is 762 g/mol. The predicted molar refractivity (Wildman–Crippen MR) is 229 cm³/mol. The highest BCUT2D eigenvalue weighted by Crippen LogP contribution is 2.40. The van der Waals surface area contributed by atoms with Crippen molar-refractivity contribution in [2.75, 3.05) is 5.73 Å². The van der Waals surface area contributed by atoms with E-state index in [2.05, 4.69) is 35.9 Å². The molecular weight excluding hydrogens is 715 g/mol. The highest BCUT2D eigenvalue weighted by Gasteiger charge is 2.21. The summed E-state index contributed by atoms with van der Waals surface area (Å²) in [7, 11) is 3.47. The Hall–Kier alpha value is -6.78. The first-order valence-electron chi connectivity index (χ1n) is 18.8. The quantitative estimate of drug-likeness (QED) is 0.114. The summed E-state index contributed by atoms with van der Waals surface area (Å²) < 4.78 is 15.6. The maximum absolute atomic E-state index is 12.5. The van der Waals surface area contributed by atoms with Crippen molar-refractivity contribution in [2.45, 2.75) is 46.1 Å². The van der Waals surface area contributed by atoms with Crippen LogP contribution in [0.25, 0.3) is 44.1 Å². The topological polar surface area (TPSA) is 140 Å². The summed E-state index contributed by atoms with van der Waals surface area (Å²) >= 11 is 0. The van der Waals surface area contributed by atoms with Gasteiger partial charge in [0.25, 0.3) is 11.1 Å². The first kappa shape index (κ1) is 38.5. The molecular formula is C47H47N5O5. The molecule has 4 aromatic heterocycles. The van der Waals surface area contributed by atoms with Crippen LogP contribution >= 0.6 is 0 Å². The molecule has 0 amide bonds. The fourth-order valence-electron chi connectivity index (χ4n) is 6.89. The van der Waals surface area contributed by atoms with Gasteiger partial charge in [0, 0.05) is 77.6 Å². The van der Waals surface area contributed by atoms with E-state index in [4.69, 9.17) is 15.2 Å². The van der Waals surface area contributed by atoms with E-state index < -0.39 is 5.60 Å². The Kier molecular flexibility index (Phi) is 10.4. The van der Waals surface area contributed by atoms with Crippen molar-refractivity contribution in [1.82, 2.24) is 19.1 Å². The van der Waals surface area contributed by atoms with Crippen LogP contribution in [0.5, 0.6) is 23.0 Å². The molecule has 0 bridgehead atoms. The third-order valence-corrected chi connectivity index (χ3v) is 10.0. The molecule has 0 aliphatic carbocycles. The summed E-state index contributed by atoms with van der Waals surface area (Å²) in [6.07, 6.45) is 7.17. The SMILES string of the molecule is CC(C)c1cccc(Oc2ccc(N)cc2-c2cn(C)c(=O)c3[nH]ccc23)c1.Cc1cccc(Oc2ccc(C(C)(C)O)cc2-c2cn(C)c(=O)c3[nH]ccc23)c1. The second-order valence-electron chi connectivity index (χ2n) is 15.2. The van der Waals surface area contributed by atoms with Crippen LogP contribution in [0.2, 0.25) is 0 Å². The summed E-state index contributed by atoms with van der Waals surface area (Å²) in [6, 6.07) is 31.0. The van der Waals surface area contributed by atoms with Gasteiger partial charge in [0.15, 0.2) is 0 Å².